The molecule has 5 nitrogen and oxygen atoms in total. The highest BCUT2D eigenvalue weighted by Crippen LogP contribution is 2.17. The predicted molar refractivity (Wildman–Crippen MR) is 34.6 cm³/mol. The Morgan fingerprint density at radius 1 is 1.27 bits per heavy atom. The Kier molecular flexibility index (Phi) is 2.80. The molecule has 0 aromatic carbocycles. The number of hydrogen-bond donors (Lipinski definition) is 4. The van der Waals surface area contributed by atoms with E-state index in [4.69, 9.17) is 25.2 Å². The average Bonchev–Trinajstić information content (AvgIpc) is 1.99. The molecule has 11 heavy (non-hydrogen) atoms. The van der Waals surface area contributed by atoms with E-state index < -0.39 is 24.6 Å². The zero-order chi connectivity index (χ0) is 8.43. The highest BCUT2D eigenvalue weighted by molar-refractivity contribution is 4.79. The standard InChI is InChI=1S/C6H12O5/c7-2-3-1-4(8)5(9)6(10)11-3/h3-10H,1-2H2/t3?,4-,5+,6?/m1/s1. The molecule has 0 bridgehead atoms. The fraction of sp³-hybridized carbons (Fsp3) is 1.00. The number of ether oxygens (including phenoxy) is 1. The van der Waals surface area contributed by atoms with Gasteiger partial charge in [-0.3, -0.25) is 0 Å². The maximum Gasteiger partial charge on any atom is 0.183 e. The van der Waals surface area contributed by atoms with E-state index in [-0.39, 0.29) is 13.0 Å². The Hall–Kier alpha value is -0.200. The predicted octanol–water partition coefficient (Wildman–Crippen LogP) is -2.19. The van der Waals surface area contributed by atoms with Crippen LogP contribution in [0.1, 0.15) is 6.42 Å². The van der Waals surface area contributed by atoms with Crippen LogP contribution < -0.4 is 0 Å². The van der Waals surface area contributed by atoms with E-state index >= 15 is 0 Å². The van der Waals surface area contributed by atoms with Crippen molar-refractivity contribution < 1.29 is 25.2 Å². The first kappa shape index (κ1) is 8.89. The first-order chi connectivity index (χ1) is 5.15. The van der Waals surface area contributed by atoms with E-state index in [9.17, 15) is 0 Å². The van der Waals surface area contributed by atoms with Gasteiger partial charge in [0.15, 0.2) is 6.29 Å². The van der Waals surface area contributed by atoms with Crippen molar-refractivity contribution >= 4 is 0 Å². The van der Waals surface area contributed by atoms with Crippen molar-refractivity contribution in [3.63, 3.8) is 0 Å². The van der Waals surface area contributed by atoms with Gasteiger partial charge in [-0.25, -0.2) is 0 Å². The fourth-order valence-electron chi connectivity index (χ4n) is 1.05. The van der Waals surface area contributed by atoms with Crippen LogP contribution in [0.4, 0.5) is 0 Å². The van der Waals surface area contributed by atoms with Gasteiger partial charge in [-0.15, -0.1) is 0 Å². The molecule has 0 aromatic rings. The van der Waals surface area contributed by atoms with Crippen molar-refractivity contribution in [3.05, 3.63) is 0 Å². The van der Waals surface area contributed by atoms with Gasteiger partial charge in [0, 0.05) is 6.42 Å². The van der Waals surface area contributed by atoms with E-state index in [2.05, 4.69) is 0 Å². The zero-order valence-corrected chi connectivity index (χ0v) is 5.92. The molecule has 0 aliphatic carbocycles. The van der Waals surface area contributed by atoms with Gasteiger partial charge in [0.25, 0.3) is 0 Å². The number of aliphatic hydroxyl groups excluding tert-OH is 4. The monoisotopic (exact) mass is 164 g/mol. The smallest absolute Gasteiger partial charge is 0.183 e. The van der Waals surface area contributed by atoms with Crippen LogP contribution in [0.5, 0.6) is 0 Å². The Balaban J connectivity index is 2.47. The van der Waals surface area contributed by atoms with Crippen LogP contribution in [-0.2, 0) is 4.74 Å². The molecule has 0 aromatic heterocycles. The minimum absolute atomic E-state index is 0.148. The molecule has 1 aliphatic heterocycles. The summed E-state index contributed by atoms with van der Waals surface area (Å²) in [6, 6.07) is 0. The maximum absolute atomic E-state index is 9.05. The van der Waals surface area contributed by atoms with Gasteiger partial charge in [-0.05, 0) is 0 Å². The van der Waals surface area contributed by atoms with E-state index in [0.29, 0.717) is 0 Å². The highest BCUT2D eigenvalue weighted by Gasteiger charge is 2.34. The molecule has 1 saturated heterocycles. The van der Waals surface area contributed by atoms with Gasteiger partial charge in [0.2, 0.25) is 0 Å². The van der Waals surface area contributed by atoms with E-state index in [1.807, 2.05) is 0 Å². The second-order valence-corrected chi connectivity index (χ2v) is 2.62. The minimum Gasteiger partial charge on any atom is -0.394 e. The van der Waals surface area contributed by atoms with Gasteiger partial charge in [-0.1, -0.05) is 0 Å². The van der Waals surface area contributed by atoms with Crippen LogP contribution >= 0.6 is 0 Å². The molecule has 1 aliphatic rings. The summed E-state index contributed by atoms with van der Waals surface area (Å²) in [5, 5.41) is 35.5. The van der Waals surface area contributed by atoms with Crippen molar-refractivity contribution in [2.45, 2.75) is 31.0 Å². The first-order valence-electron chi connectivity index (χ1n) is 3.45. The zero-order valence-electron chi connectivity index (χ0n) is 5.92. The Bertz CT molecular complexity index is 116. The van der Waals surface area contributed by atoms with Crippen LogP contribution in [0, 0.1) is 0 Å². The Morgan fingerprint density at radius 3 is 2.36 bits per heavy atom. The van der Waals surface area contributed by atoms with Crippen molar-refractivity contribution in [1.82, 2.24) is 0 Å². The Morgan fingerprint density at radius 2 is 1.91 bits per heavy atom. The molecule has 1 rings (SSSR count). The molecule has 4 atom stereocenters. The van der Waals surface area contributed by atoms with Gasteiger partial charge in [0.1, 0.15) is 6.10 Å². The molecule has 1 heterocycles. The SMILES string of the molecule is OCC1C[C@@H](O)[C@H](O)C(O)O1. The maximum atomic E-state index is 9.05. The third-order valence-corrected chi connectivity index (χ3v) is 1.73. The second-order valence-electron chi connectivity index (χ2n) is 2.62. The van der Waals surface area contributed by atoms with Crippen LogP contribution in [0.2, 0.25) is 0 Å². The summed E-state index contributed by atoms with van der Waals surface area (Å²) in [4.78, 5) is 0. The molecule has 0 saturated carbocycles. The van der Waals surface area contributed by atoms with Crippen LogP contribution in [-0.4, -0.2) is 51.6 Å². The normalized spacial score (nSPS) is 45.8. The van der Waals surface area contributed by atoms with Crippen LogP contribution in [0.25, 0.3) is 0 Å². The molecule has 0 amide bonds. The third kappa shape index (κ3) is 1.88. The lowest BCUT2D eigenvalue weighted by atomic mass is 10.0. The number of hydrogen-bond acceptors (Lipinski definition) is 5. The molecule has 4 N–H and O–H groups in total. The minimum atomic E-state index is -1.39. The molecule has 0 radical (unpaired) electrons. The number of aliphatic hydroxyl groups is 4. The summed E-state index contributed by atoms with van der Waals surface area (Å²) >= 11 is 0. The molecule has 66 valence electrons. The summed E-state index contributed by atoms with van der Waals surface area (Å²) in [6.07, 6.45) is -4.11. The van der Waals surface area contributed by atoms with E-state index in [1.165, 1.54) is 0 Å². The summed E-state index contributed by atoms with van der Waals surface area (Å²) in [5.74, 6) is 0. The molecular weight excluding hydrogens is 152 g/mol. The summed E-state index contributed by atoms with van der Waals surface area (Å²) in [7, 11) is 0. The molecule has 2 unspecified atom stereocenters. The van der Waals surface area contributed by atoms with Gasteiger partial charge in [0.05, 0.1) is 18.8 Å². The highest BCUT2D eigenvalue weighted by atomic mass is 16.6. The number of rotatable bonds is 1. The lowest BCUT2D eigenvalue weighted by Gasteiger charge is -2.33. The fourth-order valence-corrected chi connectivity index (χ4v) is 1.05. The van der Waals surface area contributed by atoms with E-state index in [0.717, 1.165) is 0 Å². The summed E-state index contributed by atoms with van der Waals surface area (Å²) < 4.78 is 4.71. The van der Waals surface area contributed by atoms with E-state index in [1.54, 1.807) is 0 Å². The van der Waals surface area contributed by atoms with Crippen LogP contribution in [0.3, 0.4) is 0 Å². The average molecular weight is 164 g/mol. The lowest BCUT2D eigenvalue weighted by molar-refractivity contribution is -0.251. The topological polar surface area (TPSA) is 90.2 Å². The van der Waals surface area contributed by atoms with Gasteiger partial charge < -0.3 is 25.2 Å². The largest absolute Gasteiger partial charge is 0.394 e. The second kappa shape index (κ2) is 3.46. The molecule has 0 spiro atoms. The first-order valence-corrected chi connectivity index (χ1v) is 3.45. The lowest BCUT2D eigenvalue weighted by Crippen LogP contribution is -2.49. The summed E-state index contributed by atoms with van der Waals surface area (Å²) in [5.41, 5.74) is 0. The van der Waals surface area contributed by atoms with Crippen LogP contribution in [0.15, 0.2) is 0 Å². The van der Waals surface area contributed by atoms with Crippen molar-refractivity contribution in [1.29, 1.82) is 0 Å². The van der Waals surface area contributed by atoms with Crippen molar-refractivity contribution in [2.75, 3.05) is 6.61 Å². The summed E-state index contributed by atoms with van der Waals surface area (Å²) in [6.45, 7) is -0.263. The van der Waals surface area contributed by atoms with Gasteiger partial charge in [-0.2, -0.15) is 0 Å². The van der Waals surface area contributed by atoms with Gasteiger partial charge >= 0.3 is 0 Å². The quantitative estimate of drug-likeness (QED) is 0.353. The third-order valence-electron chi connectivity index (χ3n) is 1.73. The molecule has 5 heteroatoms. The molecular formula is C6H12O5. The Labute approximate surface area is 63.8 Å². The van der Waals surface area contributed by atoms with Crippen molar-refractivity contribution in [3.8, 4) is 0 Å². The van der Waals surface area contributed by atoms with Crippen molar-refractivity contribution in [2.24, 2.45) is 0 Å². The molecule has 1 fully saturated rings.